The molecule has 0 unspecified atom stereocenters. The highest BCUT2D eigenvalue weighted by atomic mass is 16.5. The van der Waals surface area contributed by atoms with Crippen LogP contribution in [0, 0.1) is 6.92 Å². The molecule has 28 heavy (non-hydrogen) atoms. The second-order valence-corrected chi connectivity index (χ2v) is 6.65. The Hall–Kier alpha value is -3.36. The molecule has 0 bridgehead atoms. The second-order valence-electron chi connectivity index (χ2n) is 6.65. The highest BCUT2D eigenvalue weighted by molar-refractivity contribution is 5.71. The van der Waals surface area contributed by atoms with Crippen LogP contribution in [0.2, 0.25) is 0 Å². The summed E-state index contributed by atoms with van der Waals surface area (Å²) >= 11 is 0. The first-order valence-corrected chi connectivity index (χ1v) is 8.86. The van der Waals surface area contributed by atoms with Crippen molar-refractivity contribution in [3.8, 4) is 5.75 Å². The Bertz CT molecular complexity index is 1020. The average molecular weight is 385 g/mol. The molecule has 0 amide bonds. The van der Waals surface area contributed by atoms with Crippen molar-refractivity contribution in [3.63, 3.8) is 0 Å². The van der Waals surface area contributed by atoms with Gasteiger partial charge in [-0.2, -0.15) is 5.10 Å². The van der Waals surface area contributed by atoms with Crippen LogP contribution >= 0.6 is 0 Å². The van der Waals surface area contributed by atoms with Crippen molar-refractivity contribution in [2.75, 3.05) is 7.11 Å². The number of ether oxygens (including phenoxy) is 1. The largest absolute Gasteiger partial charge is 0.507 e. The summed E-state index contributed by atoms with van der Waals surface area (Å²) in [5.41, 5.74) is 2.01. The van der Waals surface area contributed by atoms with E-state index in [1.807, 2.05) is 0 Å². The Kier molecular flexibility index (Phi) is 5.62. The molecule has 148 valence electrons. The molecular formula is C19H23N5O4. The van der Waals surface area contributed by atoms with E-state index in [-0.39, 0.29) is 23.3 Å². The number of aromatic amines is 1. The first kappa shape index (κ1) is 19.4. The van der Waals surface area contributed by atoms with Gasteiger partial charge in [0.2, 0.25) is 0 Å². The number of rotatable bonds is 7. The molecule has 0 aliphatic rings. The SMILES string of the molecule is COC(=O)C[C@@H](c1cnn(C)c1)c1c(O)cc(C)n(CCc2cnc[nH]2)c1=O. The highest BCUT2D eigenvalue weighted by Gasteiger charge is 2.27. The normalized spacial score (nSPS) is 12.1. The molecule has 1 atom stereocenters. The van der Waals surface area contributed by atoms with E-state index in [9.17, 15) is 14.7 Å². The van der Waals surface area contributed by atoms with Crippen molar-refractivity contribution < 1.29 is 14.6 Å². The Balaban J connectivity index is 2.05. The number of nitrogens with one attached hydrogen (secondary N) is 1. The lowest BCUT2D eigenvalue weighted by Crippen LogP contribution is -2.29. The molecule has 0 saturated carbocycles. The summed E-state index contributed by atoms with van der Waals surface area (Å²) in [6.45, 7) is 2.18. The zero-order chi connectivity index (χ0) is 20.3. The van der Waals surface area contributed by atoms with Crippen molar-refractivity contribution in [2.24, 2.45) is 7.05 Å². The number of carbonyl (C=O) groups excluding carboxylic acids is 1. The van der Waals surface area contributed by atoms with Crippen LogP contribution in [0.15, 0.2) is 35.8 Å². The lowest BCUT2D eigenvalue weighted by molar-refractivity contribution is -0.140. The summed E-state index contributed by atoms with van der Waals surface area (Å²) in [7, 11) is 3.04. The summed E-state index contributed by atoms with van der Waals surface area (Å²) in [5, 5.41) is 14.7. The lowest BCUT2D eigenvalue weighted by Gasteiger charge is -2.19. The molecule has 3 heterocycles. The van der Waals surface area contributed by atoms with E-state index >= 15 is 0 Å². The van der Waals surface area contributed by atoms with Gasteiger partial charge in [0, 0.05) is 49.7 Å². The van der Waals surface area contributed by atoms with Gasteiger partial charge in [-0.25, -0.2) is 4.98 Å². The first-order valence-electron chi connectivity index (χ1n) is 8.86. The predicted octanol–water partition coefficient (Wildman–Crippen LogP) is 1.26. The number of aromatic hydroxyl groups is 1. The van der Waals surface area contributed by atoms with Crippen LogP contribution in [-0.4, -0.2) is 42.5 Å². The molecule has 3 rings (SSSR count). The minimum absolute atomic E-state index is 0.0748. The van der Waals surface area contributed by atoms with E-state index in [4.69, 9.17) is 4.74 Å². The van der Waals surface area contributed by atoms with Crippen LogP contribution in [0.25, 0.3) is 0 Å². The molecule has 0 fully saturated rings. The van der Waals surface area contributed by atoms with Crippen LogP contribution in [0.5, 0.6) is 5.75 Å². The average Bonchev–Trinajstić information content (AvgIpc) is 3.31. The van der Waals surface area contributed by atoms with Crippen molar-refractivity contribution >= 4 is 5.97 Å². The fraction of sp³-hybridized carbons (Fsp3) is 0.368. The van der Waals surface area contributed by atoms with Crippen LogP contribution in [0.1, 0.15) is 34.9 Å². The summed E-state index contributed by atoms with van der Waals surface area (Å²) in [4.78, 5) is 32.2. The zero-order valence-electron chi connectivity index (χ0n) is 16.0. The van der Waals surface area contributed by atoms with E-state index in [1.54, 1.807) is 54.2 Å². The van der Waals surface area contributed by atoms with Crippen LogP contribution in [0.4, 0.5) is 0 Å². The van der Waals surface area contributed by atoms with E-state index in [0.717, 1.165) is 5.69 Å². The number of imidazole rings is 1. The topological polar surface area (TPSA) is 115 Å². The predicted molar refractivity (Wildman–Crippen MR) is 101 cm³/mol. The molecule has 9 nitrogen and oxygen atoms in total. The number of hydrogen-bond acceptors (Lipinski definition) is 6. The Morgan fingerprint density at radius 3 is 2.79 bits per heavy atom. The van der Waals surface area contributed by atoms with Gasteiger partial charge in [0.05, 0.1) is 31.6 Å². The van der Waals surface area contributed by atoms with Gasteiger partial charge in [0.1, 0.15) is 5.75 Å². The number of carbonyl (C=O) groups is 1. The Labute approximate surface area is 161 Å². The van der Waals surface area contributed by atoms with Gasteiger partial charge in [-0.1, -0.05) is 0 Å². The van der Waals surface area contributed by atoms with Crippen molar-refractivity contribution in [3.05, 3.63) is 63.9 Å². The number of pyridine rings is 1. The van der Waals surface area contributed by atoms with Gasteiger partial charge in [-0.05, 0) is 18.6 Å². The zero-order valence-corrected chi connectivity index (χ0v) is 16.0. The standard InChI is InChI=1S/C19H23N5O4/c1-12-6-16(25)18(19(27)24(12)5-4-14-9-20-11-21-14)15(7-17(26)28-3)13-8-22-23(2)10-13/h6,8-11,15,25H,4-5,7H2,1-3H3,(H,20,21)/t15-/m0/s1. The quantitative estimate of drug-likeness (QED) is 0.592. The Morgan fingerprint density at radius 2 is 2.18 bits per heavy atom. The van der Waals surface area contributed by atoms with Gasteiger partial charge in [-0.3, -0.25) is 14.3 Å². The van der Waals surface area contributed by atoms with Gasteiger partial charge >= 0.3 is 5.97 Å². The van der Waals surface area contributed by atoms with Gasteiger partial charge in [0.25, 0.3) is 5.56 Å². The number of methoxy groups -OCH3 is 1. The summed E-state index contributed by atoms with van der Waals surface area (Å²) in [6.07, 6.45) is 7.11. The van der Waals surface area contributed by atoms with Crippen LogP contribution in [0.3, 0.4) is 0 Å². The molecule has 9 heteroatoms. The third-order valence-corrected chi connectivity index (χ3v) is 4.76. The van der Waals surface area contributed by atoms with Gasteiger partial charge in [0.15, 0.2) is 0 Å². The summed E-state index contributed by atoms with van der Waals surface area (Å²) in [6, 6.07) is 1.55. The van der Waals surface area contributed by atoms with Gasteiger partial charge < -0.3 is 19.4 Å². The van der Waals surface area contributed by atoms with Crippen LogP contribution < -0.4 is 5.56 Å². The fourth-order valence-corrected chi connectivity index (χ4v) is 3.28. The molecule has 2 N–H and O–H groups in total. The number of aryl methyl sites for hydroxylation is 3. The third-order valence-electron chi connectivity index (χ3n) is 4.76. The lowest BCUT2D eigenvalue weighted by atomic mass is 9.90. The molecule has 0 aromatic carbocycles. The molecule has 0 saturated heterocycles. The van der Waals surface area contributed by atoms with Crippen molar-refractivity contribution in [1.29, 1.82) is 0 Å². The molecule has 0 radical (unpaired) electrons. The molecule has 0 aliphatic carbocycles. The minimum Gasteiger partial charge on any atom is -0.507 e. The maximum atomic E-state index is 13.3. The fourth-order valence-electron chi connectivity index (χ4n) is 3.28. The van der Waals surface area contributed by atoms with Crippen LogP contribution in [-0.2, 0) is 29.5 Å². The molecule has 0 spiro atoms. The Morgan fingerprint density at radius 1 is 1.39 bits per heavy atom. The summed E-state index contributed by atoms with van der Waals surface area (Å²) in [5.74, 6) is -1.28. The van der Waals surface area contributed by atoms with E-state index in [2.05, 4.69) is 15.1 Å². The second kappa shape index (κ2) is 8.12. The van der Waals surface area contributed by atoms with E-state index in [1.165, 1.54) is 7.11 Å². The minimum atomic E-state index is -0.660. The highest BCUT2D eigenvalue weighted by Crippen LogP contribution is 2.32. The van der Waals surface area contributed by atoms with Crippen molar-refractivity contribution in [1.82, 2.24) is 24.3 Å². The number of hydrogen-bond donors (Lipinski definition) is 2. The molecule has 0 aliphatic heterocycles. The van der Waals surface area contributed by atoms with Crippen molar-refractivity contribution in [2.45, 2.75) is 32.2 Å². The number of aromatic nitrogens is 5. The van der Waals surface area contributed by atoms with Gasteiger partial charge in [-0.15, -0.1) is 0 Å². The monoisotopic (exact) mass is 385 g/mol. The molecular weight excluding hydrogens is 362 g/mol. The number of H-pyrrole nitrogens is 1. The maximum absolute atomic E-state index is 13.3. The molecule has 3 aromatic rings. The smallest absolute Gasteiger partial charge is 0.306 e. The van der Waals surface area contributed by atoms with E-state index < -0.39 is 11.9 Å². The third kappa shape index (κ3) is 3.98. The molecule has 3 aromatic heterocycles. The maximum Gasteiger partial charge on any atom is 0.306 e. The first-order chi connectivity index (χ1) is 13.4. The summed E-state index contributed by atoms with van der Waals surface area (Å²) < 4.78 is 7.97. The number of esters is 1. The number of nitrogens with zero attached hydrogens (tertiary/aromatic N) is 4. The van der Waals surface area contributed by atoms with E-state index in [0.29, 0.717) is 24.2 Å².